The molecule has 7 nitrogen and oxygen atoms in total. The van der Waals surface area contributed by atoms with E-state index < -0.39 is 11.5 Å². The first-order chi connectivity index (χ1) is 14.9. The number of nitrogens with two attached hydrogens (primary N) is 2. The van der Waals surface area contributed by atoms with Crippen LogP contribution in [-0.2, 0) is 16.8 Å². The highest BCUT2D eigenvalue weighted by Crippen LogP contribution is 2.37. The van der Waals surface area contributed by atoms with Gasteiger partial charge in [0.05, 0.1) is 12.1 Å². The van der Waals surface area contributed by atoms with E-state index in [0.29, 0.717) is 11.3 Å². The normalized spacial score (nSPS) is 18.9. The predicted molar refractivity (Wildman–Crippen MR) is 121 cm³/mol. The van der Waals surface area contributed by atoms with Crippen LogP contribution < -0.4 is 11.5 Å². The van der Waals surface area contributed by atoms with Crippen molar-refractivity contribution in [3.63, 3.8) is 0 Å². The number of aliphatic carboxylic acids is 1. The van der Waals surface area contributed by atoms with Crippen LogP contribution in [0.1, 0.15) is 39.9 Å². The lowest BCUT2D eigenvalue weighted by Gasteiger charge is -2.26. The number of rotatable bonds is 6. The Morgan fingerprint density at radius 2 is 1.87 bits per heavy atom. The van der Waals surface area contributed by atoms with Crippen LogP contribution in [0, 0.1) is 0 Å². The van der Waals surface area contributed by atoms with E-state index in [1.165, 1.54) is 0 Å². The van der Waals surface area contributed by atoms with Crippen LogP contribution in [0.15, 0.2) is 70.2 Å². The molecule has 0 radical (unpaired) electrons. The number of hydrogen-bond donors (Lipinski definition) is 3. The Kier molecular flexibility index (Phi) is 5.25. The van der Waals surface area contributed by atoms with Crippen molar-refractivity contribution >= 4 is 35.7 Å². The molecule has 2 aromatic carbocycles. The minimum atomic E-state index is -1.16. The lowest BCUT2D eigenvalue weighted by atomic mass is 9.80. The highest BCUT2D eigenvalue weighted by Gasteiger charge is 2.39. The Morgan fingerprint density at radius 1 is 1.10 bits per heavy atom. The Labute approximate surface area is 179 Å². The second kappa shape index (κ2) is 8.02. The number of ketones is 1. The van der Waals surface area contributed by atoms with Gasteiger partial charge in [0, 0.05) is 11.8 Å². The molecule has 1 atom stereocenters. The van der Waals surface area contributed by atoms with Gasteiger partial charge in [0.2, 0.25) is 0 Å². The monoisotopic (exact) mass is 414 g/mol. The van der Waals surface area contributed by atoms with Crippen molar-refractivity contribution in [1.82, 2.24) is 0 Å². The van der Waals surface area contributed by atoms with E-state index in [0.717, 1.165) is 35.1 Å². The van der Waals surface area contributed by atoms with Crippen molar-refractivity contribution in [2.24, 2.45) is 21.5 Å². The molecule has 2 aliphatic rings. The number of allylic oxidation sites excluding steroid dienone is 1. The van der Waals surface area contributed by atoms with E-state index in [1.54, 1.807) is 42.6 Å². The molecule has 0 saturated carbocycles. The van der Waals surface area contributed by atoms with Crippen LogP contribution in [0.25, 0.3) is 6.08 Å². The van der Waals surface area contributed by atoms with Crippen molar-refractivity contribution in [3.8, 4) is 0 Å². The fourth-order valence-corrected chi connectivity index (χ4v) is 3.99. The highest BCUT2D eigenvalue weighted by atomic mass is 16.4. The number of guanidine groups is 1. The molecule has 1 unspecified atom stereocenters. The molecule has 7 heteroatoms. The van der Waals surface area contributed by atoms with Crippen LogP contribution in [0.3, 0.4) is 0 Å². The van der Waals surface area contributed by atoms with Crippen LogP contribution in [0.5, 0.6) is 0 Å². The van der Waals surface area contributed by atoms with Crippen molar-refractivity contribution in [3.05, 3.63) is 82.4 Å². The number of benzene rings is 2. The lowest BCUT2D eigenvalue weighted by Crippen LogP contribution is -2.31. The Bertz CT molecular complexity index is 1160. The van der Waals surface area contributed by atoms with Gasteiger partial charge in [0.15, 0.2) is 17.3 Å². The molecule has 156 valence electrons. The average molecular weight is 414 g/mol. The summed E-state index contributed by atoms with van der Waals surface area (Å²) < 4.78 is 0. The first-order valence-corrected chi connectivity index (χ1v) is 9.89. The van der Waals surface area contributed by atoms with Gasteiger partial charge in [-0.15, -0.1) is 0 Å². The molecule has 1 aliphatic heterocycles. The van der Waals surface area contributed by atoms with E-state index in [2.05, 4.69) is 9.98 Å². The second-order valence-corrected chi connectivity index (χ2v) is 7.60. The number of fused-ring (bicyclic) bond motifs is 1. The third-order valence-electron chi connectivity index (χ3n) is 5.47. The summed E-state index contributed by atoms with van der Waals surface area (Å²) in [5, 5.41) is 9.11. The van der Waals surface area contributed by atoms with Crippen LogP contribution in [0.4, 0.5) is 5.69 Å². The fraction of sp³-hybridized carbons (Fsp3) is 0.167. The third kappa shape index (κ3) is 4.02. The van der Waals surface area contributed by atoms with Gasteiger partial charge in [0.25, 0.3) is 0 Å². The summed E-state index contributed by atoms with van der Waals surface area (Å²) in [6.07, 6.45) is 8.61. The second-order valence-electron chi connectivity index (χ2n) is 7.60. The maximum absolute atomic E-state index is 13.5. The summed E-state index contributed by atoms with van der Waals surface area (Å²) in [6, 6.07) is 12.6. The molecule has 0 amide bonds. The fourth-order valence-electron chi connectivity index (χ4n) is 3.99. The summed E-state index contributed by atoms with van der Waals surface area (Å²) in [7, 11) is 0. The molecule has 4 rings (SSSR count). The lowest BCUT2D eigenvalue weighted by molar-refractivity contribution is -0.136. The van der Waals surface area contributed by atoms with Crippen LogP contribution in [-0.4, -0.2) is 29.0 Å². The molecule has 1 heterocycles. The number of carbonyl (C=O) groups excluding carboxylic acids is 1. The zero-order valence-electron chi connectivity index (χ0n) is 16.8. The van der Waals surface area contributed by atoms with E-state index in [4.69, 9.17) is 16.6 Å². The minimum absolute atomic E-state index is 0.0218. The maximum atomic E-state index is 13.5. The van der Waals surface area contributed by atoms with Gasteiger partial charge in [-0.3, -0.25) is 14.6 Å². The van der Waals surface area contributed by atoms with Gasteiger partial charge < -0.3 is 16.6 Å². The van der Waals surface area contributed by atoms with E-state index >= 15 is 0 Å². The van der Waals surface area contributed by atoms with Gasteiger partial charge in [-0.2, -0.15) is 0 Å². The summed E-state index contributed by atoms with van der Waals surface area (Å²) in [5.41, 5.74) is 14.4. The Balaban J connectivity index is 1.71. The van der Waals surface area contributed by atoms with E-state index in [9.17, 15) is 9.59 Å². The number of carboxylic acids is 1. The van der Waals surface area contributed by atoms with Gasteiger partial charge in [0.1, 0.15) is 0 Å². The average Bonchev–Trinajstić information content (AvgIpc) is 3.23. The molecule has 31 heavy (non-hydrogen) atoms. The van der Waals surface area contributed by atoms with Gasteiger partial charge >= 0.3 is 5.97 Å². The number of carbonyl (C=O) groups is 2. The molecule has 0 aromatic heterocycles. The van der Waals surface area contributed by atoms with Crippen molar-refractivity contribution in [2.75, 3.05) is 0 Å². The molecular formula is C24H22N4O3. The summed E-state index contributed by atoms with van der Waals surface area (Å²) in [4.78, 5) is 33.1. The SMILES string of the molecule is NC(N)=Nc1ccc(C(=O)C2(c3ccc4c(c3)C=C(CC(=O)O)CC4)C=CC=N2)cc1. The van der Waals surface area contributed by atoms with Crippen LogP contribution >= 0.6 is 0 Å². The topological polar surface area (TPSA) is 131 Å². The first kappa shape index (κ1) is 20.3. The molecular weight excluding hydrogens is 392 g/mol. The molecule has 0 spiro atoms. The Morgan fingerprint density at radius 3 is 2.52 bits per heavy atom. The number of hydrogen-bond acceptors (Lipinski definition) is 4. The quantitative estimate of drug-likeness (QED) is 0.380. The molecule has 2 aromatic rings. The predicted octanol–water partition coefficient (Wildman–Crippen LogP) is 3.11. The number of aliphatic imine (C=N–C) groups is 2. The van der Waals surface area contributed by atoms with Crippen molar-refractivity contribution in [1.29, 1.82) is 0 Å². The van der Waals surface area contributed by atoms with Gasteiger partial charge in [-0.05, 0) is 72.0 Å². The summed E-state index contributed by atoms with van der Waals surface area (Å²) in [5.74, 6) is -1.06. The number of Topliss-reactive ketones (excluding diaryl/α,β-unsaturated/α-hetero) is 1. The standard InChI is InChI=1S/C24H22N4O3/c25-23(26)28-20-8-5-17(6-9-20)22(31)24(10-1-11-27-24)19-7-4-16-3-2-15(13-21(29)30)12-18(16)14-19/h1,4-12,14H,2-3,13H2,(H,29,30)(H4,25,26,28). The Hall–Kier alpha value is -4.00. The molecule has 5 N–H and O–H groups in total. The van der Waals surface area contributed by atoms with Crippen molar-refractivity contribution < 1.29 is 14.7 Å². The minimum Gasteiger partial charge on any atom is -0.481 e. The van der Waals surface area contributed by atoms with Crippen molar-refractivity contribution in [2.45, 2.75) is 24.8 Å². The molecule has 0 saturated heterocycles. The highest BCUT2D eigenvalue weighted by molar-refractivity contribution is 6.08. The molecule has 1 aliphatic carbocycles. The molecule has 0 bridgehead atoms. The molecule has 0 fully saturated rings. The number of carboxylic acid groups (broad SMARTS) is 1. The van der Waals surface area contributed by atoms with Gasteiger partial charge in [-0.1, -0.05) is 23.8 Å². The number of nitrogens with zero attached hydrogens (tertiary/aromatic N) is 2. The summed E-state index contributed by atoms with van der Waals surface area (Å²) in [6.45, 7) is 0. The first-order valence-electron chi connectivity index (χ1n) is 9.89. The maximum Gasteiger partial charge on any atom is 0.307 e. The third-order valence-corrected chi connectivity index (χ3v) is 5.47. The number of aryl methyl sites for hydroxylation is 1. The summed E-state index contributed by atoms with van der Waals surface area (Å²) >= 11 is 0. The van der Waals surface area contributed by atoms with E-state index in [-0.39, 0.29) is 18.2 Å². The largest absolute Gasteiger partial charge is 0.481 e. The smallest absolute Gasteiger partial charge is 0.307 e. The zero-order valence-corrected chi connectivity index (χ0v) is 16.8. The van der Waals surface area contributed by atoms with Gasteiger partial charge in [-0.25, -0.2) is 4.99 Å². The van der Waals surface area contributed by atoms with E-state index in [1.807, 2.05) is 24.3 Å². The van der Waals surface area contributed by atoms with Crippen LogP contribution in [0.2, 0.25) is 0 Å². The zero-order chi connectivity index (χ0) is 22.0.